The number of hydrogen-bond acceptors (Lipinski definition) is 3. The molecule has 0 heterocycles. The van der Waals surface area contributed by atoms with Gasteiger partial charge in [-0.15, -0.1) is 0 Å². The van der Waals surface area contributed by atoms with Crippen molar-refractivity contribution in [2.45, 2.75) is 0 Å². The van der Waals surface area contributed by atoms with E-state index in [1.165, 1.54) is 0 Å². The monoisotopic (exact) mass is 112 g/mol. The topological polar surface area (TPSA) is 99.7 Å². The van der Waals surface area contributed by atoms with Gasteiger partial charge in [0, 0.05) is 18.0 Å². The van der Waals surface area contributed by atoms with Crippen LogP contribution in [0, 0.1) is 10.8 Å². The fourth-order valence-corrected chi connectivity index (χ4v) is 0.216. The highest BCUT2D eigenvalue weighted by molar-refractivity contribution is 6.11. The summed E-state index contributed by atoms with van der Waals surface area (Å²) in [6.07, 6.45) is 2.05. The van der Waals surface area contributed by atoms with Crippen molar-refractivity contribution in [2.24, 2.45) is 11.5 Å². The lowest BCUT2D eigenvalue weighted by Crippen LogP contribution is -2.14. The van der Waals surface area contributed by atoms with Crippen LogP contribution in [0.4, 0.5) is 0 Å². The molecule has 0 amide bonds. The van der Waals surface area contributed by atoms with Crippen molar-refractivity contribution in [3.63, 3.8) is 0 Å². The van der Waals surface area contributed by atoms with Gasteiger partial charge in [-0.3, -0.25) is 5.41 Å². The van der Waals surface area contributed by atoms with Gasteiger partial charge in [-0.1, -0.05) is 0 Å². The van der Waals surface area contributed by atoms with Crippen molar-refractivity contribution in [1.82, 2.24) is 0 Å². The van der Waals surface area contributed by atoms with E-state index in [9.17, 15) is 0 Å². The predicted molar refractivity (Wildman–Crippen MR) is 33.0 cm³/mol. The van der Waals surface area contributed by atoms with E-state index in [1.807, 2.05) is 0 Å². The third-order valence-electron chi connectivity index (χ3n) is 0.646. The van der Waals surface area contributed by atoms with Gasteiger partial charge in [-0.25, -0.2) is 0 Å². The Bertz CT molecular complexity index is 135. The highest BCUT2D eigenvalue weighted by atomic mass is 14.7. The first-order valence-electron chi connectivity index (χ1n) is 1.99. The van der Waals surface area contributed by atoms with Crippen LogP contribution in [0.2, 0.25) is 0 Å². The van der Waals surface area contributed by atoms with Gasteiger partial charge < -0.3 is 16.9 Å². The molecule has 4 heteroatoms. The number of amidine groups is 1. The minimum Gasteiger partial charge on any atom is -0.404 e. The zero-order valence-corrected chi connectivity index (χ0v) is 4.31. The zero-order valence-electron chi connectivity index (χ0n) is 4.31. The second-order valence-electron chi connectivity index (χ2n) is 1.18. The van der Waals surface area contributed by atoms with Gasteiger partial charge in [0.2, 0.25) is 0 Å². The molecule has 6 N–H and O–H groups in total. The van der Waals surface area contributed by atoms with Crippen LogP contribution in [0.15, 0.2) is 11.8 Å². The SMILES string of the molecule is N=CC(=CN)C(=N)N. The first-order valence-corrected chi connectivity index (χ1v) is 1.99. The lowest BCUT2D eigenvalue weighted by atomic mass is 10.3. The van der Waals surface area contributed by atoms with Crippen LogP contribution in [0.5, 0.6) is 0 Å². The smallest absolute Gasteiger partial charge is 0.125 e. The van der Waals surface area contributed by atoms with E-state index >= 15 is 0 Å². The predicted octanol–water partition coefficient (Wildman–Crippen LogP) is -0.585. The minimum absolute atomic E-state index is 0.178. The van der Waals surface area contributed by atoms with Gasteiger partial charge in [0.05, 0.1) is 0 Å². The van der Waals surface area contributed by atoms with Crippen LogP contribution in [-0.4, -0.2) is 12.1 Å². The molecule has 0 fully saturated rings. The Morgan fingerprint density at radius 2 is 2.00 bits per heavy atom. The molecule has 8 heavy (non-hydrogen) atoms. The van der Waals surface area contributed by atoms with Crippen molar-refractivity contribution in [2.75, 3.05) is 0 Å². The van der Waals surface area contributed by atoms with E-state index in [0.717, 1.165) is 12.4 Å². The number of nitrogens with one attached hydrogen (secondary N) is 2. The molecular weight excluding hydrogens is 104 g/mol. The van der Waals surface area contributed by atoms with Gasteiger partial charge in [-0.05, 0) is 0 Å². The van der Waals surface area contributed by atoms with Gasteiger partial charge in [0.1, 0.15) is 5.84 Å². The quantitative estimate of drug-likeness (QED) is 0.283. The maximum atomic E-state index is 6.73. The van der Waals surface area contributed by atoms with Gasteiger partial charge >= 0.3 is 0 Å². The van der Waals surface area contributed by atoms with Gasteiger partial charge in [0.15, 0.2) is 0 Å². The summed E-state index contributed by atoms with van der Waals surface area (Å²) in [5.74, 6) is -0.178. The van der Waals surface area contributed by atoms with E-state index in [-0.39, 0.29) is 11.4 Å². The Morgan fingerprint density at radius 1 is 1.50 bits per heavy atom. The molecule has 0 saturated carbocycles. The second-order valence-corrected chi connectivity index (χ2v) is 1.18. The second kappa shape index (κ2) is 2.79. The molecule has 0 aliphatic rings. The first-order chi connectivity index (χ1) is 3.72. The van der Waals surface area contributed by atoms with Crippen molar-refractivity contribution < 1.29 is 0 Å². The van der Waals surface area contributed by atoms with Crippen molar-refractivity contribution in [3.05, 3.63) is 11.8 Å². The summed E-state index contributed by atoms with van der Waals surface area (Å²) in [7, 11) is 0. The molecule has 0 aromatic rings. The third kappa shape index (κ3) is 1.42. The molecule has 0 rings (SSSR count). The summed E-state index contributed by atoms with van der Waals surface area (Å²) < 4.78 is 0. The van der Waals surface area contributed by atoms with Gasteiger partial charge in [-0.2, -0.15) is 0 Å². The molecule has 0 unspecified atom stereocenters. The zero-order chi connectivity index (χ0) is 6.57. The summed E-state index contributed by atoms with van der Waals surface area (Å²) in [5.41, 5.74) is 10.1. The lowest BCUT2D eigenvalue weighted by molar-refractivity contribution is 1.42. The normalized spacial score (nSPS) is 10.8. The van der Waals surface area contributed by atoms with Crippen LogP contribution >= 0.6 is 0 Å². The highest BCUT2D eigenvalue weighted by Gasteiger charge is 1.90. The molecule has 0 aromatic heterocycles. The summed E-state index contributed by atoms with van der Waals surface area (Å²) in [5, 5.41) is 13.3. The Kier molecular flexibility index (Phi) is 2.33. The molecule has 0 spiro atoms. The Morgan fingerprint density at radius 3 is 2.00 bits per heavy atom. The van der Waals surface area contributed by atoms with E-state index in [4.69, 9.17) is 22.3 Å². The minimum atomic E-state index is -0.178. The van der Waals surface area contributed by atoms with E-state index in [0.29, 0.717) is 0 Å². The number of hydrogen-bond donors (Lipinski definition) is 4. The molecule has 0 aromatic carbocycles. The standard InChI is InChI=1S/C4H8N4/c5-1-3(2-6)4(7)8/h1-2,5H,6H2,(H3,7,8). The fraction of sp³-hybridized carbons (Fsp3) is 0. The van der Waals surface area contributed by atoms with E-state index in [1.54, 1.807) is 0 Å². The third-order valence-corrected chi connectivity index (χ3v) is 0.646. The molecule has 0 bridgehead atoms. The summed E-state index contributed by atoms with van der Waals surface area (Å²) in [6.45, 7) is 0. The maximum Gasteiger partial charge on any atom is 0.125 e. The molecular formula is C4H8N4. The first kappa shape index (κ1) is 6.68. The average molecular weight is 112 g/mol. The van der Waals surface area contributed by atoms with E-state index in [2.05, 4.69) is 0 Å². The Balaban J connectivity index is 4.13. The van der Waals surface area contributed by atoms with Crippen molar-refractivity contribution >= 4 is 12.1 Å². The summed E-state index contributed by atoms with van der Waals surface area (Å²) in [6, 6.07) is 0. The molecule has 44 valence electrons. The van der Waals surface area contributed by atoms with Crippen LogP contribution in [-0.2, 0) is 0 Å². The molecule has 0 aliphatic carbocycles. The molecule has 0 atom stereocenters. The molecule has 0 radical (unpaired) electrons. The average Bonchev–Trinajstić information content (AvgIpc) is 1.69. The number of rotatable bonds is 2. The van der Waals surface area contributed by atoms with Crippen LogP contribution < -0.4 is 11.5 Å². The molecule has 0 aliphatic heterocycles. The Hall–Kier alpha value is -1.32. The van der Waals surface area contributed by atoms with Crippen LogP contribution in [0.25, 0.3) is 0 Å². The summed E-state index contributed by atoms with van der Waals surface area (Å²) in [4.78, 5) is 0. The van der Waals surface area contributed by atoms with E-state index < -0.39 is 0 Å². The number of nitrogens with two attached hydrogens (primary N) is 2. The molecule has 0 saturated heterocycles. The van der Waals surface area contributed by atoms with Gasteiger partial charge in [0.25, 0.3) is 0 Å². The highest BCUT2D eigenvalue weighted by Crippen LogP contribution is 1.80. The van der Waals surface area contributed by atoms with Crippen LogP contribution in [0.1, 0.15) is 0 Å². The van der Waals surface area contributed by atoms with Crippen molar-refractivity contribution in [3.8, 4) is 0 Å². The Labute approximate surface area is 47.2 Å². The maximum absolute atomic E-state index is 6.73. The lowest BCUT2D eigenvalue weighted by Gasteiger charge is -1.90. The van der Waals surface area contributed by atoms with Crippen molar-refractivity contribution in [1.29, 1.82) is 10.8 Å². The van der Waals surface area contributed by atoms with Crippen LogP contribution in [0.3, 0.4) is 0 Å². The fourth-order valence-electron chi connectivity index (χ4n) is 0.216. The summed E-state index contributed by atoms with van der Waals surface area (Å²) >= 11 is 0. The largest absolute Gasteiger partial charge is 0.404 e. The molecule has 4 nitrogen and oxygen atoms in total.